The van der Waals surface area contributed by atoms with Crippen LogP contribution in [0.4, 0.5) is 24.5 Å². The predicted octanol–water partition coefficient (Wildman–Crippen LogP) is 5.77. The molecule has 1 saturated carbocycles. The Morgan fingerprint density at radius 2 is 1.59 bits per heavy atom. The fourth-order valence-electron chi connectivity index (χ4n) is 4.91. The molecule has 1 aliphatic heterocycles. The van der Waals surface area contributed by atoms with E-state index in [1.54, 1.807) is 0 Å². The van der Waals surface area contributed by atoms with Crippen LogP contribution in [0.3, 0.4) is 0 Å². The Morgan fingerprint density at radius 1 is 1.00 bits per heavy atom. The summed E-state index contributed by atoms with van der Waals surface area (Å²) in [7, 11) is -1.87. The number of halogens is 3. The number of fused-ring (bicyclic) bond motifs is 2. The average molecular weight is 534 g/mol. The molecule has 1 fully saturated rings. The lowest BCUT2D eigenvalue weighted by molar-refractivity contribution is -0.274. The minimum absolute atomic E-state index is 0.195. The molecular weight excluding hydrogens is 507 g/mol. The van der Waals surface area contributed by atoms with Gasteiger partial charge < -0.3 is 19.5 Å². The lowest BCUT2D eigenvalue weighted by atomic mass is 9.86. The summed E-state index contributed by atoms with van der Waals surface area (Å²) >= 11 is 0. The van der Waals surface area contributed by atoms with E-state index in [2.05, 4.69) is 18.7 Å². The van der Waals surface area contributed by atoms with Crippen LogP contribution in [0, 0.1) is 0 Å². The zero-order valence-electron chi connectivity index (χ0n) is 19.9. The highest BCUT2D eigenvalue weighted by Gasteiger charge is 2.40. The van der Waals surface area contributed by atoms with Crippen molar-refractivity contribution in [1.82, 2.24) is 4.72 Å². The third kappa shape index (κ3) is 5.11. The van der Waals surface area contributed by atoms with Crippen LogP contribution in [-0.2, 0) is 9.92 Å². The van der Waals surface area contributed by atoms with Crippen molar-refractivity contribution in [2.45, 2.75) is 48.7 Å². The van der Waals surface area contributed by atoms with Crippen LogP contribution in [0.1, 0.15) is 19.3 Å². The molecule has 1 aliphatic carbocycles. The Morgan fingerprint density at radius 3 is 2.16 bits per heavy atom. The SMILES string of the molecule is CN=S(=O)(N[C@@H]1CCC[C@@H](N2c3ccccc3Oc3ccccc32)[C@@H]1O)c1ccc(OC(F)(F)F)cc1. The molecule has 11 heteroatoms. The molecule has 3 aromatic rings. The van der Waals surface area contributed by atoms with Crippen LogP contribution in [0.15, 0.2) is 82.1 Å². The molecule has 4 atom stereocenters. The summed E-state index contributed by atoms with van der Waals surface area (Å²) in [6.45, 7) is 0. The lowest BCUT2D eigenvalue weighted by Crippen LogP contribution is -2.56. The Kier molecular flexibility index (Phi) is 6.78. The Balaban J connectivity index is 1.42. The summed E-state index contributed by atoms with van der Waals surface area (Å²) in [6, 6.07) is 19.0. The maximum atomic E-state index is 13.8. The summed E-state index contributed by atoms with van der Waals surface area (Å²) < 4.78 is 68.4. The number of hydrogen-bond acceptors (Lipinski definition) is 6. The van der Waals surface area contributed by atoms with Gasteiger partial charge in [-0.1, -0.05) is 24.3 Å². The molecule has 2 N–H and O–H groups in total. The number of alkyl halides is 3. The van der Waals surface area contributed by atoms with Crippen molar-refractivity contribution in [3.63, 3.8) is 0 Å². The molecule has 5 rings (SSSR count). The summed E-state index contributed by atoms with van der Waals surface area (Å²) in [5.41, 5.74) is 1.65. The quantitative estimate of drug-likeness (QED) is 0.435. The Labute approximate surface area is 213 Å². The van der Waals surface area contributed by atoms with Crippen molar-refractivity contribution >= 4 is 21.3 Å². The second-order valence-corrected chi connectivity index (χ2v) is 11.0. The highest BCUT2D eigenvalue weighted by atomic mass is 32.2. The largest absolute Gasteiger partial charge is 0.573 e. The van der Waals surface area contributed by atoms with E-state index < -0.39 is 34.2 Å². The highest BCUT2D eigenvalue weighted by Crippen LogP contribution is 2.49. The number of aliphatic hydroxyl groups is 1. The molecule has 0 spiro atoms. The number of benzene rings is 3. The monoisotopic (exact) mass is 533 g/mol. The normalized spacial score (nSPS) is 22.7. The number of aliphatic hydroxyl groups excluding tert-OH is 1. The van der Waals surface area contributed by atoms with Gasteiger partial charge in [-0.05, 0) is 67.8 Å². The number of nitrogens with zero attached hydrogens (tertiary/aromatic N) is 2. The minimum Gasteiger partial charge on any atom is -0.453 e. The molecule has 37 heavy (non-hydrogen) atoms. The van der Waals surface area contributed by atoms with Crippen molar-refractivity contribution in [2.75, 3.05) is 11.9 Å². The summed E-state index contributed by atoms with van der Waals surface area (Å²) in [6.07, 6.45) is -3.76. The van der Waals surface area contributed by atoms with E-state index in [9.17, 15) is 22.5 Å². The number of para-hydroxylation sites is 4. The molecule has 2 aliphatic rings. The number of anilines is 2. The van der Waals surface area contributed by atoms with E-state index in [0.29, 0.717) is 24.3 Å². The third-order valence-corrected chi connectivity index (χ3v) is 8.62. The second-order valence-electron chi connectivity index (χ2n) is 8.85. The van der Waals surface area contributed by atoms with Crippen molar-refractivity contribution in [3.8, 4) is 17.2 Å². The van der Waals surface area contributed by atoms with Gasteiger partial charge in [0.25, 0.3) is 0 Å². The second kappa shape index (κ2) is 9.88. The van der Waals surface area contributed by atoms with Gasteiger partial charge in [0.05, 0.1) is 28.4 Å². The number of ether oxygens (including phenoxy) is 2. The highest BCUT2D eigenvalue weighted by molar-refractivity contribution is 7.91. The fourth-order valence-corrected chi connectivity index (χ4v) is 6.54. The van der Waals surface area contributed by atoms with Crippen LogP contribution < -0.4 is 19.1 Å². The van der Waals surface area contributed by atoms with Crippen LogP contribution in [0.2, 0.25) is 0 Å². The van der Waals surface area contributed by atoms with Crippen LogP contribution in [0.5, 0.6) is 17.2 Å². The topological polar surface area (TPSA) is 83.4 Å². The molecule has 1 unspecified atom stereocenters. The predicted molar refractivity (Wildman–Crippen MR) is 134 cm³/mol. The van der Waals surface area contributed by atoms with E-state index >= 15 is 0 Å². The lowest BCUT2D eigenvalue weighted by Gasteiger charge is -2.45. The van der Waals surface area contributed by atoms with Gasteiger partial charge in [0.2, 0.25) is 0 Å². The van der Waals surface area contributed by atoms with E-state index in [0.717, 1.165) is 29.9 Å². The van der Waals surface area contributed by atoms with Gasteiger partial charge in [-0.2, -0.15) is 0 Å². The minimum atomic E-state index is -4.83. The van der Waals surface area contributed by atoms with Gasteiger partial charge >= 0.3 is 6.36 Å². The zero-order chi connectivity index (χ0) is 26.2. The first-order chi connectivity index (χ1) is 17.7. The molecule has 0 radical (unpaired) electrons. The van der Waals surface area contributed by atoms with Crippen LogP contribution in [-0.4, -0.2) is 40.9 Å². The van der Waals surface area contributed by atoms with Crippen molar-refractivity contribution in [1.29, 1.82) is 0 Å². The fraction of sp³-hybridized carbons (Fsp3) is 0.308. The first-order valence-corrected chi connectivity index (χ1v) is 13.3. The first-order valence-electron chi connectivity index (χ1n) is 11.8. The van der Waals surface area contributed by atoms with Crippen molar-refractivity contribution in [3.05, 3.63) is 72.8 Å². The molecule has 196 valence electrons. The first kappa shape index (κ1) is 25.4. The van der Waals surface area contributed by atoms with E-state index in [1.165, 1.54) is 19.2 Å². The van der Waals surface area contributed by atoms with Crippen LogP contribution >= 0.6 is 0 Å². The number of hydrogen-bond donors (Lipinski definition) is 2. The van der Waals surface area contributed by atoms with Gasteiger partial charge in [0.1, 0.15) is 15.7 Å². The smallest absolute Gasteiger partial charge is 0.453 e. The molecule has 3 aromatic carbocycles. The third-order valence-electron chi connectivity index (χ3n) is 6.57. The Hall–Kier alpha value is -3.28. The molecule has 1 heterocycles. The van der Waals surface area contributed by atoms with E-state index in [-0.39, 0.29) is 10.9 Å². The van der Waals surface area contributed by atoms with E-state index in [1.807, 2.05) is 48.5 Å². The number of rotatable bonds is 5. The maximum Gasteiger partial charge on any atom is 0.573 e. The zero-order valence-corrected chi connectivity index (χ0v) is 20.7. The standard InChI is InChI=1S/C26H26F3N3O4S/c1-30-37(34,18-15-13-17(14-16-18)36-26(27,28)29)31-19-7-6-10-22(25(19)33)32-20-8-2-4-11-23(20)35-24-12-5-3-9-21(24)32/h2-5,8-9,11-16,19,22,25,33H,6-7,10H2,1H3,(H,30,31,34)/t19-,22-,25-,37?/m1/s1. The van der Waals surface area contributed by atoms with Gasteiger partial charge in [-0.25, -0.2) is 13.3 Å². The average Bonchev–Trinajstić information content (AvgIpc) is 2.88. The molecule has 0 saturated heterocycles. The summed E-state index contributed by atoms with van der Waals surface area (Å²) in [5, 5.41) is 11.6. The molecule has 7 nitrogen and oxygen atoms in total. The Bertz CT molecular complexity index is 1340. The van der Waals surface area contributed by atoms with Crippen molar-refractivity contribution < 1.29 is 32.0 Å². The van der Waals surface area contributed by atoms with Crippen molar-refractivity contribution in [2.24, 2.45) is 4.36 Å². The van der Waals surface area contributed by atoms with E-state index in [4.69, 9.17) is 4.74 Å². The van der Waals surface area contributed by atoms with Gasteiger partial charge in [0.15, 0.2) is 11.5 Å². The van der Waals surface area contributed by atoms with Crippen LogP contribution in [0.25, 0.3) is 0 Å². The maximum absolute atomic E-state index is 13.8. The molecule has 0 amide bonds. The summed E-state index contributed by atoms with van der Waals surface area (Å²) in [5.74, 6) is 0.936. The molecular formula is C26H26F3N3O4S. The molecule has 0 bridgehead atoms. The summed E-state index contributed by atoms with van der Waals surface area (Å²) in [4.78, 5) is 2.27. The van der Waals surface area contributed by atoms with Gasteiger partial charge in [0, 0.05) is 13.1 Å². The van der Waals surface area contributed by atoms with Gasteiger partial charge in [-0.15, -0.1) is 13.2 Å². The molecule has 0 aromatic heterocycles. The number of nitrogens with one attached hydrogen (secondary N) is 1. The van der Waals surface area contributed by atoms with Gasteiger partial charge in [-0.3, -0.25) is 0 Å².